The lowest BCUT2D eigenvalue weighted by Crippen LogP contribution is -2.40. The number of hydrogen-bond donors (Lipinski definition) is 2. The van der Waals surface area contributed by atoms with Gasteiger partial charge >= 0.3 is 6.03 Å². The van der Waals surface area contributed by atoms with Crippen LogP contribution in [-0.2, 0) is 4.74 Å². The summed E-state index contributed by atoms with van der Waals surface area (Å²) in [6, 6.07) is 11.1. The number of morpholine rings is 1. The van der Waals surface area contributed by atoms with Gasteiger partial charge < -0.3 is 20.3 Å². The molecule has 1 aromatic heterocycles. The van der Waals surface area contributed by atoms with Crippen molar-refractivity contribution in [2.75, 3.05) is 31.6 Å². The van der Waals surface area contributed by atoms with E-state index in [-0.39, 0.29) is 18.0 Å². The fraction of sp³-hybridized carbons (Fsp3) is 0.455. The van der Waals surface area contributed by atoms with Crippen LogP contribution >= 0.6 is 11.3 Å². The molecule has 0 radical (unpaired) electrons. The summed E-state index contributed by atoms with van der Waals surface area (Å²) < 4.78 is 5.30. The van der Waals surface area contributed by atoms with Gasteiger partial charge in [-0.2, -0.15) is 0 Å². The Kier molecular flexibility index (Phi) is 6.46. The van der Waals surface area contributed by atoms with Gasteiger partial charge in [-0.1, -0.05) is 18.9 Å². The molecule has 3 amide bonds. The lowest BCUT2D eigenvalue weighted by atomic mass is 9.97. The molecule has 0 bridgehead atoms. The van der Waals surface area contributed by atoms with Crippen LogP contribution in [-0.4, -0.2) is 43.1 Å². The van der Waals surface area contributed by atoms with Crippen LogP contribution in [0.4, 0.5) is 10.5 Å². The van der Waals surface area contributed by atoms with E-state index in [4.69, 9.17) is 4.74 Å². The Morgan fingerprint density at radius 3 is 2.45 bits per heavy atom. The Morgan fingerprint density at radius 2 is 1.79 bits per heavy atom. The molecule has 2 heterocycles. The molecule has 0 spiro atoms. The molecule has 1 saturated heterocycles. The standard InChI is InChI=1S/C22H27N3O3S/c26-21(25-11-13-28-14-12-25)17-7-9-18(10-8-17)23-22(27)24-20(16-4-1-2-5-16)19-6-3-15-29-19/h3,6-10,15-16,20H,1-2,4-5,11-14H2,(H2,23,24,27)/t20-/m1/s1. The van der Waals surface area contributed by atoms with Crippen molar-refractivity contribution in [3.05, 3.63) is 52.2 Å². The lowest BCUT2D eigenvalue weighted by Gasteiger charge is -2.27. The fourth-order valence-electron chi connectivity index (χ4n) is 4.13. The molecule has 2 aromatic rings. The van der Waals surface area contributed by atoms with Crippen molar-refractivity contribution in [2.24, 2.45) is 5.92 Å². The Labute approximate surface area is 175 Å². The Bertz CT molecular complexity index is 810. The van der Waals surface area contributed by atoms with E-state index in [0.29, 0.717) is 43.5 Å². The highest BCUT2D eigenvalue weighted by atomic mass is 32.1. The maximum absolute atomic E-state index is 12.6. The van der Waals surface area contributed by atoms with E-state index in [1.807, 2.05) is 6.07 Å². The van der Waals surface area contributed by atoms with E-state index in [1.165, 1.54) is 17.7 Å². The first-order valence-corrected chi connectivity index (χ1v) is 11.2. The quantitative estimate of drug-likeness (QED) is 0.769. The van der Waals surface area contributed by atoms with E-state index in [2.05, 4.69) is 22.1 Å². The zero-order valence-electron chi connectivity index (χ0n) is 16.4. The van der Waals surface area contributed by atoms with Crippen molar-refractivity contribution in [1.29, 1.82) is 0 Å². The molecule has 2 fully saturated rings. The summed E-state index contributed by atoms with van der Waals surface area (Å²) in [5.74, 6) is 0.496. The highest BCUT2D eigenvalue weighted by Gasteiger charge is 2.28. The van der Waals surface area contributed by atoms with Gasteiger partial charge in [0.05, 0.1) is 19.3 Å². The second-order valence-electron chi connectivity index (χ2n) is 7.62. The molecule has 1 aromatic carbocycles. The topological polar surface area (TPSA) is 70.7 Å². The second-order valence-corrected chi connectivity index (χ2v) is 8.60. The minimum atomic E-state index is -0.206. The largest absolute Gasteiger partial charge is 0.378 e. The Balaban J connectivity index is 1.36. The number of carbonyl (C=O) groups excluding carboxylic acids is 2. The molecule has 1 saturated carbocycles. The van der Waals surface area contributed by atoms with Gasteiger partial charge in [0.15, 0.2) is 0 Å². The normalized spacial score (nSPS) is 18.4. The lowest BCUT2D eigenvalue weighted by molar-refractivity contribution is 0.0303. The molecule has 0 unspecified atom stereocenters. The van der Waals surface area contributed by atoms with Crippen molar-refractivity contribution in [3.8, 4) is 0 Å². The molecule has 154 valence electrons. The smallest absolute Gasteiger partial charge is 0.319 e. The predicted molar refractivity (Wildman–Crippen MR) is 114 cm³/mol. The number of benzene rings is 1. The summed E-state index contributed by atoms with van der Waals surface area (Å²) in [6.45, 7) is 2.40. The van der Waals surface area contributed by atoms with Crippen LogP contribution in [0.5, 0.6) is 0 Å². The van der Waals surface area contributed by atoms with Crippen molar-refractivity contribution in [1.82, 2.24) is 10.2 Å². The van der Waals surface area contributed by atoms with Gasteiger partial charge in [-0.05, 0) is 54.5 Å². The molecular weight excluding hydrogens is 386 g/mol. The average Bonchev–Trinajstić information content (AvgIpc) is 3.47. The molecule has 6 nitrogen and oxygen atoms in total. The first kappa shape index (κ1) is 19.9. The van der Waals surface area contributed by atoms with Gasteiger partial charge in [0.2, 0.25) is 0 Å². The monoisotopic (exact) mass is 413 g/mol. The predicted octanol–water partition coefficient (Wildman–Crippen LogP) is 4.27. The molecule has 1 atom stereocenters. The first-order chi connectivity index (χ1) is 14.2. The van der Waals surface area contributed by atoms with E-state index >= 15 is 0 Å². The number of urea groups is 1. The third kappa shape index (κ3) is 4.97. The van der Waals surface area contributed by atoms with Gasteiger partial charge in [-0.25, -0.2) is 4.79 Å². The zero-order chi connectivity index (χ0) is 20.1. The van der Waals surface area contributed by atoms with Crippen molar-refractivity contribution < 1.29 is 14.3 Å². The van der Waals surface area contributed by atoms with Crippen LogP contribution in [0, 0.1) is 5.92 Å². The highest BCUT2D eigenvalue weighted by Crippen LogP contribution is 2.37. The summed E-state index contributed by atoms with van der Waals surface area (Å²) in [7, 11) is 0. The summed E-state index contributed by atoms with van der Waals surface area (Å²) >= 11 is 1.69. The van der Waals surface area contributed by atoms with Gasteiger partial charge in [0.25, 0.3) is 5.91 Å². The minimum Gasteiger partial charge on any atom is -0.378 e. The Hall–Kier alpha value is -2.38. The summed E-state index contributed by atoms with van der Waals surface area (Å²) in [5, 5.41) is 8.14. The minimum absolute atomic E-state index is 0.00305. The molecule has 1 aliphatic carbocycles. The molecule has 2 N–H and O–H groups in total. The highest BCUT2D eigenvalue weighted by molar-refractivity contribution is 7.10. The molecule has 29 heavy (non-hydrogen) atoms. The third-order valence-corrected chi connectivity index (χ3v) is 6.65. The van der Waals surface area contributed by atoms with Gasteiger partial charge in [0.1, 0.15) is 0 Å². The van der Waals surface area contributed by atoms with Crippen molar-refractivity contribution >= 4 is 29.0 Å². The Morgan fingerprint density at radius 1 is 1.07 bits per heavy atom. The van der Waals surface area contributed by atoms with E-state index < -0.39 is 0 Å². The van der Waals surface area contributed by atoms with Crippen LogP contribution in [0.15, 0.2) is 41.8 Å². The first-order valence-electron chi connectivity index (χ1n) is 10.3. The number of nitrogens with zero attached hydrogens (tertiary/aromatic N) is 1. The van der Waals surface area contributed by atoms with Crippen molar-refractivity contribution in [3.63, 3.8) is 0 Å². The molecule has 4 rings (SSSR count). The summed E-state index contributed by atoms with van der Waals surface area (Å²) in [5.41, 5.74) is 1.30. The van der Waals surface area contributed by atoms with Crippen LogP contribution in [0.2, 0.25) is 0 Å². The average molecular weight is 414 g/mol. The molecule has 7 heteroatoms. The van der Waals surface area contributed by atoms with E-state index in [0.717, 1.165) is 12.8 Å². The summed E-state index contributed by atoms with van der Waals surface area (Å²) in [6.07, 6.45) is 4.77. The number of ether oxygens (including phenoxy) is 1. The number of carbonyl (C=O) groups is 2. The van der Waals surface area contributed by atoms with Crippen molar-refractivity contribution in [2.45, 2.75) is 31.7 Å². The SMILES string of the molecule is O=C(Nc1ccc(C(=O)N2CCOCC2)cc1)N[C@@H](c1cccs1)C1CCCC1. The third-order valence-electron chi connectivity index (χ3n) is 5.70. The van der Waals surface area contributed by atoms with Gasteiger partial charge in [0, 0.05) is 29.2 Å². The molecular formula is C22H27N3O3S. The second kappa shape index (κ2) is 9.41. The van der Waals surface area contributed by atoms with Crippen LogP contribution < -0.4 is 10.6 Å². The number of anilines is 1. The number of amides is 3. The number of hydrogen-bond acceptors (Lipinski definition) is 4. The van der Waals surface area contributed by atoms with E-state index in [9.17, 15) is 9.59 Å². The fourth-order valence-corrected chi connectivity index (χ4v) is 5.00. The van der Waals surface area contributed by atoms with Gasteiger partial charge in [-0.3, -0.25) is 4.79 Å². The maximum Gasteiger partial charge on any atom is 0.319 e. The summed E-state index contributed by atoms with van der Waals surface area (Å²) in [4.78, 5) is 28.2. The van der Waals surface area contributed by atoms with Crippen LogP contribution in [0.1, 0.15) is 47.0 Å². The van der Waals surface area contributed by atoms with Gasteiger partial charge in [-0.15, -0.1) is 11.3 Å². The number of nitrogens with one attached hydrogen (secondary N) is 2. The van der Waals surface area contributed by atoms with Crippen LogP contribution in [0.3, 0.4) is 0 Å². The van der Waals surface area contributed by atoms with Crippen LogP contribution in [0.25, 0.3) is 0 Å². The number of rotatable bonds is 5. The zero-order valence-corrected chi connectivity index (χ0v) is 17.2. The molecule has 2 aliphatic rings. The number of thiophene rings is 1. The van der Waals surface area contributed by atoms with E-state index in [1.54, 1.807) is 40.5 Å². The maximum atomic E-state index is 12.6. The molecule has 1 aliphatic heterocycles.